The Morgan fingerprint density at radius 3 is 2.19 bits per heavy atom. The number of alkyl carbamates (subject to hydrolysis) is 1. The van der Waals surface area contributed by atoms with Gasteiger partial charge in [0.2, 0.25) is 11.8 Å². The Bertz CT molecular complexity index is 921. The molecule has 2 aromatic rings. The fourth-order valence-electron chi connectivity index (χ4n) is 2.74. The number of carbonyl (C=O) groups is 3. The molecule has 0 saturated heterocycles. The van der Waals surface area contributed by atoms with Gasteiger partial charge in [-0.15, -0.1) is 0 Å². The summed E-state index contributed by atoms with van der Waals surface area (Å²) in [6, 6.07) is 14.5. The van der Waals surface area contributed by atoms with Gasteiger partial charge in [0, 0.05) is 17.8 Å². The van der Waals surface area contributed by atoms with E-state index in [1.165, 1.54) is 0 Å². The Morgan fingerprint density at radius 1 is 0.871 bits per heavy atom. The predicted octanol–water partition coefficient (Wildman–Crippen LogP) is 3.02. The molecule has 3 amide bonds. The van der Waals surface area contributed by atoms with Crippen LogP contribution in [-0.4, -0.2) is 37.2 Å². The fraction of sp³-hybridized carbons (Fsp3) is 0.348. The highest BCUT2D eigenvalue weighted by atomic mass is 16.6. The minimum Gasteiger partial charge on any atom is -0.496 e. The molecule has 0 aliphatic heterocycles. The van der Waals surface area contributed by atoms with Gasteiger partial charge in [0.15, 0.2) is 0 Å². The SMILES string of the molecule is COc1ccccc1CC(=O)Nc1ccccc1CNC(=O)CNC(=O)OC(C)(C)C. The lowest BCUT2D eigenvalue weighted by molar-refractivity contribution is -0.120. The van der Waals surface area contributed by atoms with Gasteiger partial charge in [0.1, 0.15) is 17.9 Å². The van der Waals surface area contributed by atoms with Crippen LogP contribution in [0.5, 0.6) is 5.75 Å². The first-order valence-electron chi connectivity index (χ1n) is 9.91. The predicted molar refractivity (Wildman–Crippen MR) is 118 cm³/mol. The Balaban J connectivity index is 1.89. The average Bonchev–Trinajstić information content (AvgIpc) is 2.70. The number of hydrogen-bond acceptors (Lipinski definition) is 5. The molecule has 0 unspecified atom stereocenters. The number of anilines is 1. The number of para-hydroxylation sites is 2. The maximum Gasteiger partial charge on any atom is 0.408 e. The summed E-state index contributed by atoms with van der Waals surface area (Å²) in [6.45, 7) is 5.21. The quantitative estimate of drug-likeness (QED) is 0.601. The van der Waals surface area contributed by atoms with E-state index < -0.39 is 11.7 Å². The van der Waals surface area contributed by atoms with Crippen molar-refractivity contribution >= 4 is 23.6 Å². The number of ether oxygens (including phenoxy) is 2. The van der Waals surface area contributed by atoms with Crippen molar-refractivity contribution in [2.24, 2.45) is 0 Å². The van der Waals surface area contributed by atoms with Gasteiger partial charge in [-0.3, -0.25) is 9.59 Å². The third kappa shape index (κ3) is 8.38. The average molecular weight is 428 g/mol. The van der Waals surface area contributed by atoms with Crippen LogP contribution in [0.15, 0.2) is 48.5 Å². The van der Waals surface area contributed by atoms with Gasteiger partial charge in [-0.05, 0) is 38.5 Å². The summed E-state index contributed by atoms with van der Waals surface area (Å²) >= 11 is 0. The van der Waals surface area contributed by atoms with E-state index in [1.807, 2.05) is 24.3 Å². The molecule has 166 valence electrons. The molecule has 0 saturated carbocycles. The van der Waals surface area contributed by atoms with Crippen LogP contribution in [-0.2, 0) is 27.3 Å². The zero-order chi connectivity index (χ0) is 22.9. The lowest BCUT2D eigenvalue weighted by atomic mass is 10.1. The third-order valence-electron chi connectivity index (χ3n) is 4.10. The Labute approximate surface area is 182 Å². The van der Waals surface area contributed by atoms with E-state index >= 15 is 0 Å². The van der Waals surface area contributed by atoms with Gasteiger partial charge in [0.05, 0.1) is 13.5 Å². The molecular formula is C23H29N3O5. The highest BCUT2D eigenvalue weighted by Crippen LogP contribution is 2.20. The lowest BCUT2D eigenvalue weighted by Gasteiger charge is -2.19. The van der Waals surface area contributed by atoms with Crippen molar-refractivity contribution in [2.75, 3.05) is 19.0 Å². The number of amides is 3. The first kappa shape index (κ1) is 23.7. The van der Waals surface area contributed by atoms with Gasteiger partial charge in [0.25, 0.3) is 0 Å². The molecule has 0 atom stereocenters. The summed E-state index contributed by atoms with van der Waals surface area (Å²) in [5.74, 6) is 0.0755. The molecule has 0 heterocycles. The van der Waals surface area contributed by atoms with E-state index in [0.717, 1.165) is 11.1 Å². The second kappa shape index (κ2) is 11.0. The molecule has 3 N–H and O–H groups in total. The summed E-state index contributed by atoms with van der Waals surface area (Å²) in [5.41, 5.74) is 1.48. The summed E-state index contributed by atoms with van der Waals surface area (Å²) in [4.78, 5) is 36.2. The van der Waals surface area contributed by atoms with Crippen molar-refractivity contribution < 1.29 is 23.9 Å². The smallest absolute Gasteiger partial charge is 0.408 e. The van der Waals surface area contributed by atoms with Crippen molar-refractivity contribution in [1.82, 2.24) is 10.6 Å². The van der Waals surface area contributed by atoms with E-state index in [4.69, 9.17) is 9.47 Å². The molecular weight excluding hydrogens is 398 g/mol. The molecule has 0 bridgehead atoms. The highest BCUT2D eigenvalue weighted by Gasteiger charge is 2.17. The van der Waals surface area contributed by atoms with Crippen molar-refractivity contribution in [3.63, 3.8) is 0 Å². The second-order valence-electron chi connectivity index (χ2n) is 7.83. The Kier molecular flexibility index (Phi) is 8.43. The summed E-state index contributed by atoms with van der Waals surface area (Å²) in [7, 11) is 1.56. The maximum atomic E-state index is 12.5. The number of rotatable bonds is 8. The fourth-order valence-corrected chi connectivity index (χ4v) is 2.74. The number of nitrogens with one attached hydrogen (secondary N) is 3. The van der Waals surface area contributed by atoms with E-state index in [2.05, 4.69) is 16.0 Å². The molecule has 2 aromatic carbocycles. The zero-order valence-corrected chi connectivity index (χ0v) is 18.3. The van der Waals surface area contributed by atoms with Crippen molar-refractivity contribution in [3.8, 4) is 5.75 Å². The van der Waals surface area contributed by atoms with Crippen LogP contribution in [0.4, 0.5) is 10.5 Å². The number of hydrogen-bond donors (Lipinski definition) is 3. The van der Waals surface area contributed by atoms with Gasteiger partial charge in [-0.25, -0.2) is 4.79 Å². The molecule has 0 fully saturated rings. The molecule has 0 aromatic heterocycles. The minimum atomic E-state index is -0.661. The summed E-state index contributed by atoms with van der Waals surface area (Å²) in [5, 5.41) is 8.00. The molecule has 0 aliphatic carbocycles. The topological polar surface area (TPSA) is 106 Å². The van der Waals surface area contributed by atoms with Gasteiger partial charge in [-0.2, -0.15) is 0 Å². The van der Waals surface area contributed by atoms with E-state index in [-0.39, 0.29) is 31.3 Å². The molecule has 0 spiro atoms. The Hall–Kier alpha value is -3.55. The van der Waals surface area contributed by atoms with Crippen LogP contribution < -0.4 is 20.7 Å². The normalized spacial score (nSPS) is 10.7. The largest absolute Gasteiger partial charge is 0.496 e. The van der Waals surface area contributed by atoms with Crippen LogP contribution >= 0.6 is 0 Å². The van der Waals surface area contributed by atoms with Crippen LogP contribution in [0.3, 0.4) is 0 Å². The standard InChI is InChI=1S/C23H29N3O5/c1-23(2,3)31-22(29)25-15-21(28)24-14-17-10-5-7-11-18(17)26-20(27)13-16-9-6-8-12-19(16)30-4/h5-12H,13-15H2,1-4H3,(H,24,28)(H,25,29)(H,26,27). The van der Waals surface area contributed by atoms with Crippen molar-refractivity contribution in [3.05, 3.63) is 59.7 Å². The molecule has 0 aliphatic rings. The first-order valence-corrected chi connectivity index (χ1v) is 9.91. The van der Waals surface area contributed by atoms with Gasteiger partial charge < -0.3 is 25.4 Å². The van der Waals surface area contributed by atoms with Crippen LogP contribution in [0.25, 0.3) is 0 Å². The molecule has 0 radical (unpaired) electrons. The van der Waals surface area contributed by atoms with Gasteiger partial charge in [-0.1, -0.05) is 36.4 Å². The summed E-state index contributed by atoms with van der Waals surface area (Å²) < 4.78 is 10.4. The van der Waals surface area contributed by atoms with E-state index in [9.17, 15) is 14.4 Å². The Morgan fingerprint density at radius 2 is 1.52 bits per heavy atom. The van der Waals surface area contributed by atoms with Crippen molar-refractivity contribution in [2.45, 2.75) is 39.3 Å². The second-order valence-corrected chi connectivity index (χ2v) is 7.83. The molecule has 31 heavy (non-hydrogen) atoms. The van der Waals surface area contributed by atoms with Crippen LogP contribution in [0.1, 0.15) is 31.9 Å². The monoisotopic (exact) mass is 427 g/mol. The number of methoxy groups -OCH3 is 1. The van der Waals surface area contributed by atoms with Crippen molar-refractivity contribution in [1.29, 1.82) is 0 Å². The first-order chi connectivity index (χ1) is 14.7. The summed E-state index contributed by atoms with van der Waals surface area (Å²) in [6.07, 6.45) is -0.503. The lowest BCUT2D eigenvalue weighted by Crippen LogP contribution is -2.39. The highest BCUT2D eigenvalue weighted by molar-refractivity contribution is 5.93. The molecule has 8 nitrogen and oxygen atoms in total. The third-order valence-corrected chi connectivity index (χ3v) is 4.10. The minimum absolute atomic E-state index is 0.157. The van der Waals surface area contributed by atoms with Crippen LogP contribution in [0.2, 0.25) is 0 Å². The zero-order valence-electron chi connectivity index (χ0n) is 18.3. The van der Waals surface area contributed by atoms with E-state index in [0.29, 0.717) is 11.4 Å². The van der Waals surface area contributed by atoms with Gasteiger partial charge >= 0.3 is 6.09 Å². The number of benzene rings is 2. The molecule has 8 heteroatoms. The van der Waals surface area contributed by atoms with E-state index in [1.54, 1.807) is 52.1 Å². The molecule has 2 rings (SSSR count). The van der Waals surface area contributed by atoms with Crippen LogP contribution in [0, 0.1) is 0 Å². The number of carbonyl (C=O) groups excluding carboxylic acids is 3. The maximum absolute atomic E-state index is 12.5.